The standard InChI is InChI=1S/C27H32F3N9O/c28-27(29,30)22-7-17(11-31)8-23(37-22)40-20-2-5-38(6-3-20)19-9-26(10-19,14-32)15-39-13-18(12-36-39)24-21-1-4-33-25(21)35-16-34-24/h1,4,7-8,12-13,16,19-20H,2-3,5-6,9-11,14-15,31-32H2,(H,33,34,35). The maximum absolute atomic E-state index is 13.2. The molecule has 2 aliphatic rings. The number of fused-ring (bicyclic) bond motifs is 1. The third kappa shape index (κ3) is 5.28. The minimum Gasteiger partial charge on any atom is -0.474 e. The van der Waals surface area contributed by atoms with E-state index in [4.69, 9.17) is 16.2 Å². The molecule has 6 rings (SSSR count). The Kier molecular flexibility index (Phi) is 6.97. The average molecular weight is 556 g/mol. The summed E-state index contributed by atoms with van der Waals surface area (Å²) in [5, 5.41) is 5.55. The number of hydrogen-bond donors (Lipinski definition) is 3. The summed E-state index contributed by atoms with van der Waals surface area (Å²) in [4.78, 5) is 17.9. The van der Waals surface area contributed by atoms with Crippen LogP contribution in [0.5, 0.6) is 5.88 Å². The first-order valence-electron chi connectivity index (χ1n) is 13.5. The van der Waals surface area contributed by atoms with Gasteiger partial charge in [0, 0.05) is 67.0 Å². The molecule has 1 saturated carbocycles. The fourth-order valence-corrected chi connectivity index (χ4v) is 5.99. The summed E-state index contributed by atoms with van der Waals surface area (Å²) < 4.78 is 47.5. The number of halogens is 3. The molecule has 4 aromatic heterocycles. The minimum atomic E-state index is -4.55. The van der Waals surface area contributed by atoms with Gasteiger partial charge in [-0.05, 0) is 49.9 Å². The van der Waals surface area contributed by atoms with Gasteiger partial charge in [0.1, 0.15) is 23.8 Å². The maximum Gasteiger partial charge on any atom is 0.433 e. The third-order valence-electron chi connectivity index (χ3n) is 8.20. The lowest BCUT2D eigenvalue weighted by Gasteiger charge is -2.52. The van der Waals surface area contributed by atoms with Crippen molar-refractivity contribution in [3.63, 3.8) is 0 Å². The fraction of sp³-hybridized carbons (Fsp3) is 0.481. The highest BCUT2D eigenvalue weighted by atomic mass is 19.4. The number of H-pyrrole nitrogens is 1. The topological polar surface area (TPSA) is 137 Å². The molecule has 13 heteroatoms. The number of ether oxygens (including phenoxy) is 1. The lowest BCUT2D eigenvalue weighted by Crippen LogP contribution is -2.57. The molecule has 1 aliphatic carbocycles. The van der Waals surface area contributed by atoms with Crippen LogP contribution in [0.4, 0.5) is 13.2 Å². The van der Waals surface area contributed by atoms with Gasteiger partial charge in [0.2, 0.25) is 5.88 Å². The Bertz CT molecular complexity index is 1470. The van der Waals surface area contributed by atoms with Gasteiger partial charge in [-0.15, -0.1) is 0 Å². The molecule has 40 heavy (non-hydrogen) atoms. The molecule has 10 nitrogen and oxygen atoms in total. The molecule has 1 aliphatic heterocycles. The van der Waals surface area contributed by atoms with E-state index in [0.717, 1.165) is 73.7 Å². The molecule has 0 radical (unpaired) electrons. The predicted molar refractivity (Wildman–Crippen MR) is 142 cm³/mol. The normalized spacial score (nSPS) is 22.5. The van der Waals surface area contributed by atoms with Gasteiger partial charge in [-0.3, -0.25) is 4.68 Å². The SMILES string of the molecule is NCc1cc(OC2CCN(C3CC(CN)(Cn4cc(-c5ncnc6[nH]ccc56)cn4)C3)CC2)nc(C(F)(F)F)c1. The van der Waals surface area contributed by atoms with Gasteiger partial charge in [-0.1, -0.05) is 0 Å². The zero-order valence-electron chi connectivity index (χ0n) is 21.9. The van der Waals surface area contributed by atoms with Gasteiger partial charge in [-0.25, -0.2) is 15.0 Å². The van der Waals surface area contributed by atoms with Crippen molar-refractivity contribution in [2.45, 2.75) is 57.1 Å². The van der Waals surface area contributed by atoms with Crippen LogP contribution in [-0.2, 0) is 19.3 Å². The average Bonchev–Trinajstić information content (AvgIpc) is 3.60. The number of nitrogens with one attached hydrogen (secondary N) is 1. The second-order valence-electron chi connectivity index (χ2n) is 10.9. The number of likely N-dealkylation sites (tertiary alicyclic amines) is 1. The molecule has 4 aromatic rings. The van der Waals surface area contributed by atoms with E-state index in [0.29, 0.717) is 18.2 Å². The van der Waals surface area contributed by atoms with Crippen LogP contribution >= 0.6 is 0 Å². The molecule has 0 unspecified atom stereocenters. The Morgan fingerprint density at radius 2 is 1.93 bits per heavy atom. The molecule has 0 spiro atoms. The molecular formula is C27H32F3N9O. The minimum absolute atomic E-state index is 0.0117. The molecule has 0 amide bonds. The van der Waals surface area contributed by atoms with Crippen molar-refractivity contribution in [1.82, 2.24) is 34.6 Å². The number of piperidine rings is 1. The van der Waals surface area contributed by atoms with Crippen molar-refractivity contribution in [2.24, 2.45) is 16.9 Å². The number of alkyl halides is 3. The largest absolute Gasteiger partial charge is 0.474 e. The van der Waals surface area contributed by atoms with Gasteiger partial charge >= 0.3 is 6.18 Å². The molecule has 0 atom stereocenters. The number of rotatable bonds is 8. The number of nitrogens with two attached hydrogens (primary N) is 2. The maximum atomic E-state index is 13.2. The summed E-state index contributed by atoms with van der Waals surface area (Å²) in [6, 6.07) is 4.84. The monoisotopic (exact) mass is 555 g/mol. The van der Waals surface area contributed by atoms with E-state index in [1.165, 1.54) is 6.07 Å². The Morgan fingerprint density at radius 1 is 1.12 bits per heavy atom. The zero-order chi connectivity index (χ0) is 27.9. The lowest BCUT2D eigenvalue weighted by molar-refractivity contribution is -0.141. The van der Waals surface area contributed by atoms with E-state index in [2.05, 4.69) is 29.9 Å². The van der Waals surface area contributed by atoms with Crippen LogP contribution in [0.15, 0.2) is 43.1 Å². The Labute approximate surface area is 228 Å². The number of nitrogens with zero attached hydrogens (tertiary/aromatic N) is 6. The number of hydrogen-bond acceptors (Lipinski definition) is 8. The number of pyridine rings is 1. The number of aromatic nitrogens is 6. The van der Waals surface area contributed by atoms with Crippen molar-refractivity contribution < 1.29 is 17.9 Å². The van der Waals surface area contributed by atoms with Gasteiger partial charge in [0.15, 0.2) is 0 Å². The van der Waals surface area contributed by atoms with Crippen molar-refractivity contribution >= 4 is 11.0 Å². The molecule has 5 N–H and O–H groups in total. The van der Waals surface area contributed by atoms with E-state index in [1.807, 2.05) is 29.3 Å². The number of aromatic amines is 1. The Hall–Kier alpha value is -3.55. The van der Waals surface area contributed by atoms with Crippen LogP contribution in [0.3, 0.4) is 0 Å². The van der Waals surface area contributed by atoms with Gasteiger partial charge in [0.05, 0.1) is 11.9 Å². The van der Waals surface area contributed by atoms with E-state index < -0.39 is 11.9 Å². The highest BCUT2D eigenvalue weighted by Gasteiger charge is 2.46. The smallest absolute Gasteiger partial charge is 0.433 e. The van der Waals surface area contributed by atoms with Crippen LogP contribution in [-0.4, -0.2) is 66.4 Å². The van der Waals surface area contributed by atoms with Crippen molar-refractivity contribution in [3.05, 3.63) is 54.4 Å². The highest BCUT2D eigenvalue weighted by Crippen LogP contribution is 2.45. The second kappa shape index (κ2) is 10.5. The summed E-state index contributed by atoms with van der Waals surface area (Å²) >= 11 is 0. The van der Waals surface area contributed by atoms with Gasteiger partial charge in [-0.2, -0.15) is 18.3 Å². The van der Waals surface area contributed by atoms with E-state index >= 15 is 0 Å². The summed E-state index contributed by atoms with van der Waals surface area (Å²) in [6.07, 6.45) is 5.88. The Morgan fingerprint density at radius 3 is 2.65 bits per heavy atom. The molecular weight excluding hydrogens is 523 g/mol. The van der Waals surface area contributed by atoms with Crippen LogP contribution in [0.2, 0.25) is 0 Å². The van der Waals surface area contributed by atoms with E-state index in [1.54, 1.807) is 6.33 Å². The fourth-order valence-electron chi connectivity index (χ4n) is 5.99. The van der Waals surface area contributed by atoms with E-state index in [-0.39, 0.29) is 23.9 Å². The van der Waals surface area contributed by atoms with Crippen molar-refractivity contribution in [2.75, 3.05) is 19.6 Å². The molecule has 1 saturated heterocycles. The van der Waals surface area contributed by atoms with Crippen LogP contribution in [0.25, 0.3) is 22.3 Å². The first-order valence-corrected chi connectivity index (χ1v) is 13.5. The molecule has 212 valence electrons. The van der Waals surface area contributed by atoms with Crippen molar-refractivity contribution in [1.29, 1.82) is 0 Å². The Balaban J connectivity index is 1.04. The second-order valence-corrected chi connectivity index (χ2v) is 10.9. The van der Waals surface area contributed by atoms with Gasteiger partial charge in [0.25, 0.3) is 0 Å². The van der Waals surface area contributed by atoms with Gasteiger partial charge < -0.3 is 26.1 Å². The van der Waals surface area contributed by atoms with Crippen LogP contribution in [0.1, 0.15) is 36.9 Å². The summed E-state index contributed by atoms with van der Waals surface area (Å²) in [7, 11) is 0. The lowest BCUT2D eigenvalue weighted by atomic mass is 9.64. The van der Waals surface area contributed by atoms with E-state index in [9.17, 15) is 13.2 Å². The van der Waals surface area contributed by atoms with Crippen molar-refractivity contribution in [3.8, 4) is 17.1 Å². The summed E-state index contributed by atoms with van der Waals surface area (Å²) in [6.45, 7) is 2.91. The van der Waals surface area contributed by atoms with Crippen LogP contribution in [0, 0.1) is 5.41 Å². The van der Waals surface area contributed by atoms with Crippen LogP contribution < -0.4 is 16.2 Å². The zero-order valence-corrected chi connectivity index (χ0v) is 21.9. The first-order chi connectivity index (χ1) is 19.2. The molecule has 5 heterocycles. The first kappa shape index (κ1) is 26.7. The quantitative estimate of drug-likeness (QED) is 0.301. The molecule has 0 aromatic carbocycles. The molecule has 2 fully saturated rings. The summed E-state index contributed by atoms with van der Waals surface area (Å²) in [5.41, 5.74) is 13.8. The third-order valence-corrected chi connectivity index (χ3v) is 8.20. The highest BCUT2D eigenvalue weighted by molar-refractivity contribution is 5.89. The summed E-state index contributed by atoms with van der Waals surface area (Å²) in [5.74, 6) is -0.0164. The predicted octanol–water partition coefficient (Wildman–Crippen LogP) is 3.34. The molecule has 0 bridgehead atoms.